The van der Waals surface area contributed by atoms with Crippen LogP contribution in [0.4, 0.5) is 5.95 Å². The van der Waals surface area contributed by atoms with Gasteiger partial charge < -0.3 is 15.7 Å². The second kappa shape index (κ2) is 8.93. The zero-order chi connectivity index (χ0) is 19.2. The van der Waals surface area contributed by atoms with Gasteiger partial charge in [0, 0.05) is 11.8 Å². The molecule has 3 heterocycles. The van der Waals surface area contributed by atoms with Crippen LogP contribution in [0.25, 0.3) is 11.3 Å². The topological polar surface area (TPSA) is 117 Å². The Balaban J connectivity index is 0.000000299. The lowest BCUT2D eigenvalue weighted by Gasteiger charge is -2.28. The molecule has 2 aliphatic rings. The van der Waals surface area contributed by atoms with Crippen LogP contribution in [0.2, 0.25) is 0 Å². The first-order valence-corrected chi connectivity index (χ1v) is 9.50. The molecule has 0 bridgehead atoms. The van der Waals surface area contributed by atoms with E-state index in [4.69, 9.17) is 16.1 Å². The van der Waals surface area contributed by atoms with Crippen molar-refractivity contribution in [1.82, 2.24) is 24.6 Å². The molecule has 2 fully saturated rings. The zero-order valence-corrected chi connectivity index (χ0v) is 15.8. The van der Waals surface area contributed by atoms with Crippen molar-refractivity contribution in [1.29, 1.82) is 5.26 Å². The highest BCUT2D eigenvalue weighted by Crippen LogP contribution is 2.25. The average molecular weight is 369 g/mol. The summed E-state index contributed by atoms with van der Waals surface area (Å²) in [4.78, 5) is 10.3. The van der Waals surface area contributed by atoms with Gasteiger partial charge in [0.2, 0.25) is 5.95 Å². The number of anilines is 1. The predicted octanol–water partition coefficient (Wildman–Crippen LogP) is 1.98. The number of nitrogens with two attached hydrogens (primary N) is 1. The number of aliphatic hydroxyl groups excluding tert-OH is 1. The summed E-state index contributed by atoms with van der Waals surface area (Å²) in [5.41, 5.74) is 7.38. The molecular weight excluding hydrogens is 342 g/mol. The van der Waals surface area contributed by atoms with Crippen LogP contribution in [0.3, 0.4) is 0 Å². The van der Waals surface area contributed by atoms with E-state index in [0.29, 0.717) is 17.3 Å². The van der Waals surface area contributed by atoms with Gasteiger partial charge in [0.1, 0.15) is 6.07 Å². The molecule has 0 unspecified atom stereocenters. The summed E-state index contributed by atoms with van der Waals surface area (Å²) in [5, 5.41) is 22.3. The highest BCUT2D eigenvalue weighted by molar-refractivity contribution is 5.65. The molecule has 0 radical (unpaired) electrons. The molecule has 0 amide bonds. The Kier molecular flexibility index (Phi) is 6.37. The van der Waals surface area contributed by atoms with E-state index in [0.717, 1.165) is 44.3 Å². The minimum atomic E-state index is 0.0463. The van der Waals surface area contributed by atoms with E-state index in [9.17, 15) is 0 Å². The Labute approximate surface area is 159 Å². The Hall–Kier alpha value is -2.50. The first-order valence-electron chi connectivity index (χ1n) is 9.50. The summed E-state index contributed by atoms with van der Waals surface area (Å²) in [6.07, 6.45) is 11.9. The van der Waals surface area contributed by atoms with Crippen LogP contribution in [-0.4, -0.2) is 56.0 Å². The summed E-state index contributed by atoms with van der Waals surface area (Å²) in [5.74, 6) is 0.163. The van der Waals surface area contributed by atoms with Gasteiger partial charge in [-0.15, -0.1) is 0 Å². The van der Waals surface area contributed by atoms with Gasteiger partial charge in [0.25, 0.3) is 0 Å². The molecule has 1 aliphatic carbocycles. The summed E-state index contributed by atoms with van der Waals surface area (Å²) in [6.45, 7) is 2.15. The first-order chi connectivity index (χ1) is 13.1. The third-order valence-corrected chi connectivity index (χ3v) is 5.19. The number of nitrogen functional groups attached to an aromatic ring is 1. The lowest BCUT2D eigenvalue weighted by atomic mass is 10.1. The molecule has 0 atom stereocenters. The van der Waals surface area contributed by atoms with Gasteiger partial charge in [0.15, 0.2) is 0 Å². The van der Waals surface area contributed by atoms with Gasteiger partial charge in [-0.25, -0.2) is 9.97 Å². The smallest absolute Gasteiger partial charge is 0.220 e. The summed E-state index contributed by atoms with van der Waals surface area (Å²) in [7, 11) is 2.13. The molecule has 2 aromatic heterocycles. The van der Waals surface area contributed by atoms with E-state index in [1.807, 2.05) is 10.9 Å². The van der Waals surface area contributed by atoms with Gasteiger partial charge >= 0.3 is 0 Å². The zero-order valence-electron chi connectivity index (χ0n) is 15.8. The molecular formula is C19H27N7O. The van der Waals surface area contributed by atoms with E-state index < -0.39 is 0 Å². The van der Waals surface area contributed by atoms with Crippen molar-refractivity contribution >= 4 is 5.95 Å². The summed E-state index contributed by atoms with van der Waals surface area (Å²) < 4.78 is 1.97. The standard InChI is InChI=1S/C14H17N7.C5H10O/c1-20-4-2-12(3-5-20)21-9-11(8-18-21)13-10(6-15)7-17-14(16)19-13;6-5-3-1-2-4-5/h7-9,12H,2-5H2,1H3,(H2,16,17,19);5-6H,1-4H2. The van der Waals surface area contributed by atoms with Gasteiger partial charge in [-0.1, -0.05) is 12.8 Å². The molecule has 1 saturated heterocycles. The van der Waals surface area contributed by atoms with Gasteiger partial charge in [-0.3, -0.25) is 4.68 Å². The number of hydrogen-bond acceptors (Lipinski definition) is 7. The summed E-state index contributed by atoms with van der Waals surface area (Å²) in [6, 6.07) is 2.49. The highest BCUT2D eigenvalue weighted by atomic mass is 16.3. The van der Waals surface area contributed by atoms with Crippen LogP contribution in [-0.2, 0) is 0 Å². The predicted molar refractivity (Wildman–Crippen MR) is 103 cm³/mol. The van der Waals surface area contributed by atoms with Crippen molar-refractivity contribution in [3.8, 4) is 17.3 Å². The third kappa shape index (κ3) is 5.02. The summed E-state index contributed by atoms with van der Waals surface area (Å²) >= 11 is 0. The number of rotatable bonds is 2. The number of piperidine rings is 1. The quantitative estimate of drug-likeness (QED) is 0.831. The monoisotopic (exact) mass is 369 g/mol. The maximum absolute atomic E-state index is 9.15. The maximum atomic E-state index is 9.15. The molecule has 0 spiro atoms. The average Bonchev–Trinajstić information content (AvgIpc) is 3.34. The Bertz CT molecular complexity index is 784. The molecule has 1 saturated carbocycles. The van der Waals surface area contributed by atoms with Crippen LogP contribution < -0.4 is 5.73 Å². The largest absolute Gasteiger partial charge is 0.393 e. The first kappa shape index (κ1) is 19.3. The molecule has 1 aliphatic heterocycles. The van der Waals surface area contributed by atoms with Crippen LogP contribution in [0.15, 0.2) is 18.6 Å². The molecule has 3 N–H and O–H groups in total. The van der Waals surface area contributed by atoms with Crippen molar-refractivity contribution in [3.05, 3.63) is 24.2 Å². The van der Waals surface area contributed by atoms with Crippen LogP contribution in [0.5, 0.6) is 0 Å². The molecule has 2 aromatic rings. The lowest BCUT2D eigenvalue weighted by molar-refractivity contribution is 0.183. The van der Waals surface area contributed by atoms with Crippen LogP contribution in [0, 0.1) is 11.3 Å². The number of likely N-dealkylation sites (tertiary alicyclic amines) is 1. The molecule has 8 nitrogen and oxygen atoms in total. The van der Waals surface area contributed by atoms with Gasteiger partial charge in [0.05, 0.1) is 35.8 Å². The van der Waals surface area contributed by atoms with E-state index in [1.165, 1.54) is 19.0 Å². The van der Waals surface area contributed by atoms with Crippen molar-refractivity contribution in [3.63, 3.8) is 0 Å². The van der Waals surface area contributed by atoms with Crippen molar-refractivity contribution in [2.45, 2.75) is 50.7 Å². The second-order valence-corrected chi connectivity index (χ2v) is 7.28. The third-order valence-electron chi connectivity index (χ3n) is 5.19. The second-order valence-electron chi connectivity index (χ2n) is 7.28. The van der Waals surface area contributed by atoms with Crippen molar-refractivity contribution in [2.24, 2.45) is 0 Å². The highest BCUT2D eigenvalue weighted by Gasteiger charge is 2.20. The number of hydrogen-bond donors (Lipinski definition) is 2. The molecule has 4 rings (SSSR count). The Morgan fingerprint density at radius 1 is 1.19 bits per heavy atom. The Morgan fingerprint density at radius 2 is 1.89 bits per heavy atom. The van der Waals surface area contributed by atoms with Gasteiger partial charge in [-0.05, 0) is 45.8 Å². The number of nitriles is 1. The van der Waals surface area contributed by atoms with Gasteiger partial charge in [-0.2, -0.15) is 10.4 Å². The maximum Gasteiger partial charge on any atom is 0.220 e. The molecule has 27 heavy (non-hydrogen) atoms. The van der Waals surface area contributed by atoms with Crippen LogP contribution >= 0.6 is 0 Å². The SMILES string of the molecule is CN1CCC(n2cc(-c3nc(N)ncc3C#N)cn2)CC1.OC1CCCC1. The van der Waals surface area contributed by atoms with E-state index in [1.54, 1.807) is 6.20 Å². The number of nitrogens with zero attached hydrogens (tertiary/aromatic N) is 6. The number of aromatic nitrogens is 4. The Morgan fingerprint density at radius 3 is 2.48 bits per heavy atom. The fraction of sp³-hybridized carbons (Fsp3) is 0.579. The fourth-order valence-corrected chi connectivity index (χ4v) is 3.52. The molecule has 144 valence electrons. The van der Waals surface area contributed by atoms with Crippen molar-refractivity contribution < 1.29 is 5.11 Å². The van der Waals surface area contributed by atoms with E-state index in [2.05, 4.69) is 33.1 Å². The van der Waals surface area contributed by atoms with E-state index in [-0.39, 0.29) is 12.1 Å². The van der Waals surface area contributed by atoms with Crippen LogP contribution in [0.1, 0.15) is 50.1 Å². The lowest BCUT2D eigenvalue weighted by Crippen LogP contribution is -2.31. The fourth-order valence-electron chi connectivity index (χ4n) is 3.52. The minimum absolute atomic E-state index is 0.0463. The molecule has 8 heteroatoms. The van der Waals surface area contributed by atoms with Crippen molar-refractivity contribution in [2.75, 3.05) is 25.9 Å². The normalized spacial score (nSPS) is 18.7. The minimum Gasteiger partial charge on any atom is -0.393 e. The molecule has 0 aromatic carbocycles. The van der Waals surface area contributed by atoms with E-state index >= 15 is 0 Å². The number of aliphatic hydroxyl groups is 1.